The van der Waals surface area contributed by atoms with E-state index in [1.165, 1.54) is 4.57 Å². The molecule has 0 saturated carbocycles. The highest BCUT2D eigenvalue weighted by Crippen LogP contribution is 2.55. The third-order valence-electron chi connectivity index (χ3n) is 20.1. The Kier molecular flexibility index (Phi) is 9.73. The Labute approximate surface area is 612 Å². The summed E-state index contributed by atoms with van der Waals surface area (Å²) >= 11 is 0. The van der Waals surface area contributed by atoms with Crippen LogP contribution in [-0.4, -0.2) is 11.3 Å². The lowest BCUT2D eigenvalue weighted by molar-refractivity contribution is 0.591. The molecule has 1 aromatic heterocycles. The average Bonchev–Trinajstić information content (AvgIpc) is 1.08. The first kappa shape index (κ1) is 42.6. The molecule has 3 heterocycles. The van der Waals surface area contributed by atoms with Crippen LogP contribution in [0.15, 0.2) is 327 Å². The molecule has 0 unspecified atom stereocenters. The third kappa shape index (κ3) is 9.41. The number of hydrogen-bond acceptors (Lipinski definition) is 2. The fraction of sp³-hybridized carbons (Fsp3) is 0.0833. The molecule has 0 atom stereocenters. The van der Waals surface area contributed by atoms with Crippen molar-refractivity contribution in [3.05, 3.63) is 338 Å². The van der Waals surface area contributed by atoms with Gasteiger partial charge in [-0.3, -0.25) is 0 Å². The predicted molar refractivity (Wildman–Crippen MR) is 429 cm³/mol. The van der Waals surface area contributed by atoms with Crippen LogP contribution in [0.1, 0.15) is 78.7 Å². The molecule has 100 heavy (non-hydrogen) atoms. The number of nitrogens with zero attached hydrogens (tertiary/aromatic N) is 3. The fourth-order valence-electron chi connectivity index (χ4n) is 15.4. The summed E-state index contributed by atoms with van der Waals surface area (Å²) in [5, 5.41) is 4.73. The second kappa shape index (κ2) is 22.8. The zero-order valence-corrected chi connectivity index (χ0v) is 55.6. The van der Waals surface area contributed by atoms with Crippen molar-refractivity contribution in [2.75, 3.05) is 9.80 Å². The predicted octanol–water partition coefficient (Wildman–Crippen LogP) is 24.4. The molecule has 17 aromatic rings. The quantitative estimate of drug-likeness (QED) is 0.105. The molecule has 0 amide bonds. The first-order chi connectivity index (χ1) is 56.8. The largest absolute Gasteiger partial charge is 0.310 e. The fourth-order valence-corrected chi connectivity index (χ4v) is 15.4. The molecule has 0 spiro atoms. The molecule has 474 valence electrons. The van der Waals surface area contributed by atoms with Gasteiger partial charge in [-0.25, -0.2) is 0 Å². The number of fused-ring (bicyclic) bond motifs is 7. The molecule has 16 aromatic carbocycles. The van der Waals surface area contributed by atoms with Crippen molar-refractivity contribution < 1.29 is 26.0 Å². The van der Waals surface area contributed by atoms with Gasteiger partial charge in [0.2, 0.25) is 0 Å². The molecule has 4 heteroatoms. The summed E-state index contributed by atoms with van der Waals surface area (Å²) in [5.74, 6) is 0. The van der Waals surface area contributed by atoms with E-state index in [1.54, 1.807) is 17.0 Å². The van der Waals surface area contributed by atoms with Gasteiger partial charge in [0, 0.05) is 55.8 Å². The Balaban J connectivity index is 1.11. The van der Waals surface area contributed by atoms with E-state index in [0.29, 0.717) is 66.8 Å². The molecular formula is C96H72BN3. The van der Waals surface area contributed by atoms with Gasteiger partial charge in [-0.05, 0) is 164 Å². The molecule has 2 aliphatic rings. The van der Waals surface area contributed by atoms with Crippen LogP contribution < -0.4 is 26.2 Å². The highest BCUT2D eigenvalue weighted by molar-refractivity contribution is 7.00. The minimum Gasteiger partial charge on any atom is -0.310 e. The van der Waals surface area contributed by atoms with E-state index in [2.05, 4.69) is 77.9 Å². The van der Waals surface area contributed by atoms with Crippen LogP contribution in [0.5, 0.6) is 0 Å². The van der Waals surface area contributed by atoms with Gasteiger partial charge < -0.3 is 14.4 Å². The smallest absolute Gasteiger partial charge is 0.252 e. The summed E-state index contributed by atoms with van der Waals surface area (Å²) in [6.45, 7) is 11.2. The summed E-state index contributed by atoms with van der Waals surface area (Å²) < 4.78 is 194. The van der Waals surface area contributed by atoms with Gasteiger partial charge in [0.25, 0.3) is 6.71 Å². The maximum atomic E-state index is 12.0. The Hall–Kier alpha value is -12.0. The third-order valence-corrected chi connectivity index (χ3v) is 20.1. The van der Waals surface area contributed by atoms with Crippen LogP contribution in [0, 0.1) is 0 Å². The minimum atomic E-state index is -1.63. The van der Waals surface area contributed by atoms with Gasteiger partial charge in [-0.15, -0.1) is 0 Å². The number of para-hydroxylation sites is 4. The zero-order chi connectivity index (χ0) is 83.7. The van der Waals surface area contributed by atoms with Crippen LogP contribution in [0.25, 0.3) is 127 Å². The summed E-state index contributed by atoms with van der Waals surface area (Å²) in [6, 6.07) is 55.9. The zero-order valence-electron chi connectivity index (χ0n) is 74.6. The van der Waals surface area contributed by atoms with Crippen LogP contribution in [0.2, 0.25) is 0 Å². The van der Waals surface area contributed by atoms with E-state index in [1.807, 2.05) is 169 Å². The average molecular weight is 1300 g/mol. The van der Waals surface area contributed by atoms with E-state index in [-0.39, 0.29) is 89.7 Å². The maximum Gasteiger partial charge on any atom is 0.252 e. The Morgan fingerprint density at radius 1 is 0.310 bits per heavy atom. The van der Waals surface area contributed by atoms with Gasteiger partial charge in [0.05, 0.1) is 54.1 Å². The highest BCUT2D eigenvalue weighted by Gasteiger charge is 2.46. The molecule has 0 fully saturated rings. The molecular weight excluding hydrogens is 1210 g/mol. The van der Waals surface area contributed by atoms with Gasteiger partial charge >= 0.3 is 0 Å². The van der Waals surface area contributed by atoms with E-state index < -0.39 is 126 Å². The molecule has 0 N–H and O–H groups in total. The summed E-state index contributed by atoms with van der Waals surface area (Å²) in [4.78, 5) is 3.63. The maximum absolute atomic E-state index is 12.0. The second-order valence-electron chi connectivity index (χ2n) is 28.1. The SMILES string of the molecule is [2H]c1c([2H])c([2H])c(-c2c([2H])c([2H])c3c(c2[2H])B2c4c(cc(-n5c6c([2H])c([2H])c([2H])c([2H])c6c6c([2H])c([2H])c([2H])c([2H])c65)cc4N(c4c(-c5ccccc5)cccc4-c4ccccc4)c4c([2H])c([2H])c(-c5cc6cc(C(C)(C)C)cc7ccc8cc(C(C)(C)C)cc5c8c76)c([2H])c42)N3c2c(-c3ccccc3)cccc2-c2ccccc2)c([2H])c1[2H]. The standard InChI is InChI=1S/C96H72BN3/c1-95(2,3)71-52-68-46-47-69-53-72(96(4,5)6)58-81-80(55-70(54-71)90(68)91(69)81)67-49-51-87-83(57-67)97-82-56-66(61-28-12-7-13-29-61)48-50-86(82)99(93-74(62-30-14-8-15-31-62)40-26-41-75(93)63-32-16-9-17-33-63)88-59-73(98-84-44-24-22-38-78(84)79-39-23-25-45-85(79)98)60-89(92(88)97)100(87)94-76(64-34-18-10-19-35-64)42-27-43-77(94)65-36-20-11-21-37-65/h7-60H,1-6H3/i7D,12D,13D,22D,23D,24D,25D,28D,29D,38D,39D,44D,45D,48D,49D,50D,51D,56D,57D. The van der Waals surface area contributed by atoms with E-state index in [4.69, 9.17) is 1.37 Å². The summed E-state index contributed by atoms with van der Waals surface area (Å²) in [5.41, 5.74) is 5.89. The number of hydrogen-bond donors (Lipinski definition) is 0. The monoisotopic (exact) mass is 1300 g/mol. The molecule has 19 rings (SSSR count). The lowest BCUT2D eigenvalue weighted by Gasteiger charge is -2.46. The number of aromatic nitrogens is 1. The van der Waals surface area contributed by atoms with Crippen molar-refractivity contribution >= 4 is 111 Å². The first-order valence-corrected chi connectivity index (χ1v) is 33.7. The van der Waals surface area contributed by atoms with E-state index in [0.717, 1.165) is 38.1 Å². The normalized spacial score (nSPS) is 15.5. The molecule has 2 aliphatic heterocycles. The van der Waals surface area contributed by atoms with Crippen LogP contribution in [-0.2, 0) is 10.8 Å². The lowest BCUT2D eigenvalue weighted by Crippen LogP contribution is -2.61. The summed E-state index contributed by atoms with van der Waals surface area (Å²) in [6.07, 6.45) is 0. The first-order valence-electron chi connectivity index (χ1n) is 43.2. The topological polar surface area (TPSA) is 11.4 Å². The Bertz CT molecular complexity index is 7070. The number of benzene rings is 16. The minimum absolute atomic E-state index is 0.00348. The molecule has 0 bridgehead atoms. The molecule has 3 nitrogen and oxygen atoms in total. The van der Waals surface area contributed by atoms with E-state index in [9.17, 15) is 24.7 Å². The lowest BCUT2D eigenvalue weighted by atomic mass is 9.33. The van der Waals surface area contributed by atoms with Crippen molar-refractivity contribution in [3.8, 4) is 72.4 Å². The van der Waals surface area contributed by atoms with Crippen molar-refractivity contribution in [2.24, 2.45) is 0 Å². The summed E-state index contributed by atoms with van der Waals surface area (Å²) in [7, 11) is 0. The van der Waals surface area contributed by atoms with Crippen molar-refractivity contribution in [1.82, 2.24) is 4.57 Å². The van der Waals surface area contributed by atoms with Crippen molar-refractivity contribution in [1.29, 1.82) is 0 Å². The Morgan fingerprint density at radius 3 is 1.21 bits per heavy atom. The van der Waals surface area contributed by atoms with Gasteiger partial charge in [-0.2, -0.15) is 0 Å². The van der Waals surface area contributed by atoms with Crippen molar-refractivity contribution in [2.45, 2.75) is 52.4 Å². The molecule has 0 aliphatic carbocycles. The number of rotatable bonds is 9. The van der Waals surface area contributed by atoms with E-state index >= 15 is 0 Å². The second-order valence-corrected chi connectivity index (χ2v) is 28.1. The Morgan fingerprint density at radius 2 is 0.730 bits per heavy atom. The highest BCUT2D eigenvalue weighted by atomic mass is 15.2. The van der Waals surface area contributed by atoms with Crippen LogP contribution in [0.3, 0.4) is 0 Å². The van der Waals surface area contributed by atoms with Crippen molar-refractivity contribution in [3.63, 3.8) is 0 Å². The van der Waals surface area contributed by atoms with Gasteiger partial charge in [-0.1, -0.05) is 320 Å². The molecule has 0 saturated heterocycles. The molecule has 0 radical (unpaired) electrons. The van der Waals surface area contributed by atoms with Gasteiger partial charge in [0.15, 0.2) is 0 Å². The van der Waals surface area contributed by atoms with Gasteiger partial charge in [0.1, 0.15) is 0 Å². The van der Waals surface area contributed by atoms with Crippen LogP contribution in [0.4, 0.5) is 34.1 Å². The van der Waals surface area contributed by atoms with Crippen LogP contribution >= 0.6 is 0 Å². The number of anilines is 6.